The number of nitrogens with zero attached hydrogens (tertiary/aromatic N) is 4. The summed E-state index contributed by atoms with van der Waals surface area (Å²) in [5, 5.41) is 7.39. The molecule has 2 heterocycles. The summed E-state index contributed by atoms with van der Waals surface area (Å²) in [5.41, 5.74) is 3.48. The van der Waals surface area contributed by atoms with Crippen LogP contribution < -0.4 is 5.32 Å². The van der Waals surface area contributed by atoms with E-state index in [1.807, 2.05) is 6.07 Å². The SMILES string of the molecule is Fc1ccccc1-c1noc(-c2cncnc2N[C@H]2CCc3ccccc32)n1. The van der Waals surface area contributed by atoms with Gasteiger partial charge in [0.05, 0.1) is 11.6 Å². The number of hydrogen-bond donors (Lipinski definition) is 1. The fraction of sp³-hybridized carbons (Fsp3) is 0.143. The van der Waals surface area contributed by atoms with Gasteiger partial charge in [0, 0.05) is 6.20 Å². The summed E-state index contributed by atoms with van der Waals surface area (Å²) >= 11 is 0. The summed E-state index contributed by atoms with van der Waals surface area (Å²) in [6.45, 7) is 0. The summed E-state index contributed by atoms with van der Waals surface area (Å²) in [5.74, 6) is 0.641. The minimum Gasteiger partial charge on any atom is -0.362 e. The highest BCUT2D eigenvalue weighted by atomic mass is 19.1. The van der Waals surface area contributed by atoms with E-state index in [-0.39, 0.29) is 23.3 Å². The first-order chi connectivity index (χ1) is 13.8. The van der Waals surface area contributed by atoms with Crippen molar-refractivity contribution in [2.45, 2.75) is 18.9 Å². The molecule has 1 aliphatic carbocycles. The molecule has 0 amide bonds. The van der Waals surface area contributed by atoms with Crippen molar-refractivity contribution in [2.75, 3.05) is 5.32 Å². The average molecular weight is 373 g/mol. The molecule has 1 aliphatic rings. The lowest BCUT2D eigenvalue weighted by Gasteiger charge is -2.15. The van der Waals surface area contributed by atoms with Crippen molar-refractivity contribution in [3.05, 3.63) is 78.0 Å². The van der Waals surface area contributed by atoms with E-state index in [1.54, 1.807) is 24.4 Å². The van der Waals surface area contributed by atoms with Crippen molar-refractivity contribution in [3.63, 3.8) is 0 Å². The van der Waals surface area contributed by atoms with Crippen molar-refractivity contribution >= 4 is 5.82 Å². The summed E-state index contributed by atoms with van der Waals surface area (Å²) in [6.07, 6.45) is 5.09. The van der Waals surface area contributed by atoms with E-state index in [2.05, 4.69) is 43.6 Å². The van der Waals surface area contributed by atoms with E-state index in [0.29, 0.717) is 11.4 Å². The molecule has 1 atom stereocenters. The van der Waals surface area contributed by atoms with Gasteiger partial charge in [0.25, 0.3) is 5.89 Å². The highest BCUT2D eigenvalue weighted by Gasteiger charge is 2.24. The Kier molecular flexibility index (Phi) is 4.05. The van der Waals surface area contributed by atoms with Crippen LogP contribution in [0.25, 0.3) is 22.8 Å². The molecule has 4 aromatic rings. The molecule has 1 N–H and O–H groups in total. The van der Waals surface area contributed by atoms with Crippen molar-refractivity contribution in [1.29, 1.82) is 0 Å². The fourth-order valence-electron chi connectivity index (χ4n) is 3.56. The smallest absolute Gasteiger partial charge is 0.263 e. The summed E-state index contributed by atoms with van der Waals surface area (Å²) in [4.78, 5) is 12.8. The molecule has 0 fully saturated rings. The molecule has 0 bridgehead atoms. The van der Waals surface area contributed by atoms with E-state index >= 15 is 0 Å². The summed E-state index contributed by atoms with van der Waals surface area (Å²) < 4.78 is 19.4. The van der Waals surface area contributed by atoms with Gasteiger partial charge in [-0.2, -0.15) is 4.98 Å². The van der Waals surface area contributed by atoms with Crippen LogP contribution >= 0.6 is 0 Å². The molecule has 0 saturated carbocycles. The van der Waals surface area contributed by atoms with Gasteiger partial charge in [-0.25, -0.2) is 14.4 Å². The van der Waals surface area contributed by atoms with E-state index in [1.165, 1.54) is 23.5 Å². The topological polar surface area (TPSA) is 76.7 Å². The number of nitrogens with one attached hydrogen (secondary N) is 1. The predicted octanol–water partition coefficient (Wildman–Crippen LogP) is 4.43. The van der Waals surface area contributed by atoms with Gasteiger partial charge in [-0.1, -0.05) is 41.6 Å². The lowest BCUT2D eigenvalue weighted by Crippen LogP contribution is -2.09. The molecule has 2 aromatic carbocycles. The minimum atomic E-state index is -0.403. The third kappa shape index (κ3) is 2.90. The molecule has 2 aromatic heterocycles. The molecular formula is C21H16FN5O. The molecule has 28 heavy (non-hydrogen) atoms. The zero-order valence-corrected chi connectivity index (χ0v) is 14.8. The molecule has 5 rings (SSSR count). The zero-order valence-electron chi connectivity index (χ0n) is 14.8. The first-order valence-corrected chi connectivity index (χ1v) is 9.03. The first kappa shape index (κ1) is 16.6. The number of hydrogen-bond acceptors (Lipinski definition) is 6. The van der Waals surface area contributed by atoms with Crippen molar-refractivity contribution < 1.29 is 8.91 Å². The molecule has 0 radical (unpaired) electrons. The molecule has 138 valence electrons. The van der Waals surface area contributed by atoms with Gasteiger partial charge in [0.1, 0.15) is 23.5 Å². The number of anilines is 1. The predicted molar refractivity (Wildman–Crippen MR) is 102 cm³/mol. The second kappa shape index (κ2) is 6.84. The molecule has 6 nitrogen and oxygen atoms in total. The number of aromatic nitrogens is 4. The van der Waals surface area contributed by atoms with Gasteiger partial charge in [0.2, 0.25) is 5.82 Å². The van der Waals surface area contributed by atoms with Crippen LogP contribution in [-0.4, -0.2) is 20.1 Å². The van der Waals surface area contributed by atoms with E-state index in [4.69, 9.17) is 4.52 Å². The van der Waals surface area contributed by atoms with Gasteiger partial charge in [-0.3, -0.25) is 0 Å². The van der Waals surface area contributed by atoms with Crippen LogP contribution in [0.4, 0.5) is 10.2 Å². The van der Waals surface area contributed by atoms with Crippen molar-refractivity contribution in [3.8, 4) is 22.8 Å². The summed E-state index contributed by atoms with van der Waals surface area (Å²) in [7, 11) is 0. The number of fused-ring (bicyclic) bond motifs is 1. The molecule has 0 unspecified atom stereocenters. The normalized spacial score (nSPS) is 15.4. The van der Waals surface area contributed by atoms with E-state index in [9.17, 15) is 4.39 Å². The summed E-state index contributed by atoms with van der Waals surface area (Å²) in [6, 6.07) is 14.8. The Bertz CT molecular complexity index is 1140. The Morgan fingerprint density at radius 2 is 1.89 bits per heavy atom. The maximum absolute atomic E-state index is 14.0. The standard InChI is InChI=1S/C21H16FN5O/c22-17-8-4-3-7-15(17)20-26-21(28-27-20)16-11-23-12-24-19(16)25-18-10-9-13-5-1-2-6-14(13)18/h1-8,11-12,18H,9-10H2,(H,23,24,25)/t18-/m0/s1. The van der Waals surface area contributed by atoms with Gasteiger partial charge in [-0.15, -0.1) is 0 Å². The van der Waals surface area contributed by atoms with Crippen LogP contribution in [0.15, 0.2) is 65.6 Å². The van der Waals surface area contributed by atoms with Gasteiger partial charge >= 0.3 is 0 Å². The Balaban J connectivity index is 1.48. The number of aryl methyl sites for hydroxylation is 1. The second-order valence-corrected chi connectivity index (χ2v) is 6.62. The number of rotatable bonds is 4. The van der Waals surface area contributed by atoms with Crippen molar-refractivity contribution in [2.24, 2.45) is 0 Å². The second-order valence-electron chi connectivity index (χ2n) is 6.62. The Hall–Kier alpha value is -3.61. The molecule has 7 heteroatoms. The zero-order chi connectivity index (χ0) is 18.9. The molecule has 0 aliphatic heterocycles. The maximum atomic E-state index is 14.0. The lowest BCUT2D eigenvalue weighted by molar-refractivity contribution is 0.431. The van der Waals surface area contributed by atoms with Gasteiger partial charge in [-0.05, 0) is 36.1 Å². The Labute approximate surface area is 160 Å². The molecular weight excluding hydrogens is 357 g/mol. The fourth-order valence-corrected chi connectivity index (χ4v) is 3.56. The van der Waals surface area contributed by atoms with Gasteiger partial charge in [0.15, 0.2) is 0 Å². The largest absolute Gasteiger partial charge is 0.362 e. The van der Waals surface area contributed by atoms with Gasteiger partial charge < -0.3 is 9.84 Å². The third-order valence-electron chi connectivity index (χ3n) is 4.93. The van der Waals surface area contributed by atoms with Crippen LogP contribution in [0.3, 0.4) is 0 Å². The van der Waals surface area contributed by atoms with Crippen LogP contribution in [0, 0.1) is 5.82 Å². The Morgan fingerprint density at radius 1 is 1.04 bits per heavy atom. The molecule has 0 spiro atoms. The van der Waals surface area contributed by atoms with Crippen LogP contribution in [0.1, 0.15) is 23.6 Å². The minimum absolute atomic E-state index is 0.152. The highest BCUT2D eigenvalue weighted by Crippen LogP contribution is 2.35. The number of benzene rings is 2. The highest BCUT2D eigenvalue weighted by molar-refractivity contribution is 5.70. The number of halogens is 1. The quantitative estimate of drug-likeness (QED) is 0.570. The van der Waals surface area contributed by atoms with Crippen molar-refractivity contribution in [1.82, 2.24) is 20.1 Å². The van der Waals surface area contributed by atoms with Crippen LogP contribution in [0.5, 0.6) is 0 Å². The van der Waals surface area contributed by atoms with E-state index < -0.39 is 5.82 Å². The van der Waals surface area contributed by atoms with Crippen LogP contribution in [-0.2, 0) is 6.42 Å². The lowest BCUT2D eigenvalue weighted by atomic mass is 10.1. The third-order valence-corrected chi connectivity index (χ3v) is 4.93. The Morgan fingerprint density at radius 3 is 2.82 bits per heavy atom. The average Bonchev–Trinajstić information content (AvgIpc) is 3.37. The monoisotopic (exact) mass is 373 g/mol. The van der Waals surface area contributed by atoms with E-state index in [0.717, 1.165) is 12.8 Å². The maximum Gasteiger partial charge on any atom is 0.263 e. The van der Waals surface area contributed by atoms with Crippen LogP contribution in [0.2, 0.25) is 0 Å². The first-order valence-electron chi connectivity index (χ1n) is 9.03. The molecule has 0 saturated heterocycles.